The van der Waals surface area contributed by atoms with Gasteiger partial charge < -0.3 is 0 Å². The Morgan fingerprint density at radius 2 is 1.79 bits per heavy atom. The van der Waals surface area contributed by atoms with Gasteiger partial charge in [-0.25, -0.2) is 13.1 Å². The van der Waals surface area contributed by atoms with Crippen molar-refractivity contribution in [2.24, 2.45) is 0 Å². The normalized spacial score (nSPS) is 11.7. The molecule has 0 aliphatic carbocycles. The maximum atomic E-state index is 11.5. The fourth-order valence-corrected chi connectivity index (χ4v) is 3.13. The third-order valence-electron chi connectivity index (χ3n) is 2.89. The van der Waals surface area contributed by atoms with E-state index < -0.39 is 10.0 Å². The number of sulfonamides is 1. The van der Waals surface area contributed by atoms with E-state index in [0.29, 0.717) is 6.54 Å². The highest BCUT2D eigenvalue weighted by Crippen LogP contribution is 2.11. The van der Waals surface area contributed by atoms with Crippen molar-refractivity contribution in [2.75, 3.05) is 12.3 Å². The third-order valence-corrected chi connectivity index (χ3v) is 4.62. The molecule has 0 amide bonds. The standard InChI is InChI=1S/C14H22ClNO2S/c1-2-3-12-19(17,18)16-11-5-4-6-13-7-9-14(15)10-8-13/h7-10,16H,2-6,11-12H2,1H3. The lowest BCUT2D eigenvalue weighted by Crippen LogP contribution is -2.27. The van der Waals surface area contributed by atoms with Gasteiger partial charge in [-0.2, -0.15) is 0 Å². The second kappa shape index (κ2) is 8.56. The van der Waals surface area contributed by atoms with E-state index in [-0.39, 0.29) is 5.75 Å². The molecular formula is C14H22ClNO2S. The molecule has 19 heavy (non-hydrogen) atoms. The van der Waals surface area contributed by atoms with E-state index in [1.165, 1.54) is 5.56 Å². The lowest BCUT2D eigenvalue weighted by molar-refractivity contribution is 0.573. The van der Waals surface area contributed by atoms with E-state index in [9.17, 15) is 8.42 Å². The smallest absolute Gasteiger partial charge is 0.211 e. The monoisotopic (exact) mass is 303 g/mol. The quantitative estimate of drug-likeness (QED) is 0.711. The van der Waals surface area contributed by atoms with Gasteiger partial charge in [-0.1, -0.05) is 37.1 Å². The maximum absolute atomic E-state index is 11.5. The Morgan fingerprint density at radius 1 is 1.11 bits per heavy atom. The summed E-state index contributed by atoms with van der Waals surface area (Å²) in [4.78, 5) is 0. The molecule has 0 fully saturated rings. The lowest BCUT2D eigenvalue weighted by Gasteiger charge is -2.06. The highest BCUT2D eigenvalue weighted by Gasteiger charge is 2.07. The number of halogens is 1. The first-order chi connectivity index (χ1) is 9.03. The van der Waals surface area contributed by atoms with Crippen LogP contribution in [0.5, 0.6) is 0 Å². The van der Waals surface area contributed by atoms with Crippen molar-refractivity contribution in [2.45, 2.75) is 39.0 Å². The number of aryl methyl sites for hydroxylation is 1. The van der Waals surface area contributed by atoms with Crippen LogP contribution in [0, 0.1) is 0 Å². The van der Waals surface area contributed by atoms with Gasteiger partial charge in [0.1, 0.15) is 0 Å². The van der Waals surface area contributed by atoms with Gasteiger partial charge in [0.25, 0.3) is 0 Å². The molecule has 0 spiro atoms. The Morgan fingerprint density at radius 3 is 2.42 bits per heavy atom. The van der Waals surface area contributed by atoms with Crippen LogP contribution in [-0.4, -0.2) is 20.7 Å². The van der Waals surface area contributed by atoms with Crippen LogP contribution in [0.3, 0.4) is 0 Å². The van der Waals surface area contributed by atoms with E-state index in [1.54, 1.807) is 0 Å². The molecule has 1 rings (SSSR count). The van der Waals surface area contributed by atoms with Crippen LogP contribution in [-0.2, 0) is 16.4 Å². The maximum Gasteiger partial charge on any atom is 0.211 e. The van der Waals surface area contributed by atoms with Crippen molar-refractivity contribution in [3.63, 3.8) is 0 Å². The average Bonchev–Trinajstić information content (AvgIpc) is 2.38. The molecule has 0 radical (unpaired) electrons. The molecule has 0 bridgehead atoms. The topological polar surface area (TPSA) is 46.2 Å². The second-order valence-electron chi connectivity index (χ2n) is 4.65. The molecule has 3 nitrogen and oxygen atoms in total. The molecule has 1 aromatic rings. The van der Waals surface area contributed by atoms with Crippen molar-refractivity contribution in [3.8, 4) is 0 Å². The summed E-state index contributed by atoms with van der Waals surface area (Å²) in [5.74, 6) is 0.237. The van der Waals surface area contributed by atoms with Crippen molar-refractivity contribution in [1.82, 2.24) is 4.72 Å². The molecule has 108 valence electrons. The number of nitrogens with one attached hydrogen (secondary N) is 1. The Balaban J connectivity index is 2.16. The Hall–Kier alpha value is -0.580. The van der Waals surface area contributed by atoms with Crippen molar-refractivity contribution in [3.05, 3.63) is 34.9 Å². The van der Waals surface area contributed by atoms with E-state index in [0.717, 1.165) is 37.1 Å². The number of unbranched alkanes of at least 4 members (excludes halogenated alkanes) is 2. The fourth-order valence-electron chi connectivity index (χ4n) is 1.74. The van der Waals surface area contributed by atoms with Gasteiger partial charge in [0.2, 0.25) is 10.0 Å². The number of hydrogen-bond acceptors (Lipinski definition) is 2. The van der Waals surface area contributed by atoms with Crippen LogP contribution in [0.1, 0.15) is 38.2 Å². The Labute approximate surface area is 121 Å². The van der Waals surface area contributed by atoms with Gasteiger partial charge in [-0.3, -0.25) is 0 Å². The summed E-state index contributed by atoms with van der Waals surface area (Å²) in [7, 11) is -3.06. The SMILES string of the molecule is CCCCS(=O)(=O)NCCCCc1ccc(Cl)cc1. The van der Waals surface area contributed by atoms with E-state index in [4.69, 9.17) is 11.6 Å². The summed E-state index contributed by atoms with van der Waals surface area (Å²) < 4.78 is 25.7. The summed E-state index contributed by atoms with van der Waals surface area (Å²) in [5.41, 5.74) is 1.23. The molecule has 0 aliphatic rings. The average molecular weight is 304 g/mol. The second-order valence-corrected chi connectivity index (χ2v) is 7.01. The first-order valence-electron chi connectivity index (χ1n) is 6.75. The summed E-state index contributed by atoms with van der Waals surface area (Å²) in [6, 6.07) is 7.77. The largest absolute Gasteiger partial charge is 0.215 e. The molecule has 0 saturated carbocycles. The first kappa shape index (κ1) is 16.5. The molecule has 1 aromatic carbocycles. The van der Waals surface area contributed by atoms with Crippen LogP contribution in [0.2, 0.25) is 5.02 Å². The zero-order chi connectivity index (χ0) is 14.1. The molecule has 5 heteroatoms. The van der Waals surface area contributed by atoms with Gasteiger partial charge in [-0.15, -0.1) is 0 Å². The van der Waals surface area contributed by atoms with Crippen LogP contribution in [0.25, 0.3) is 0 Å². The molecule has 0 atom stereocenters. The minimum absolute atomic E-state index is 0.237. The number of rotatable bonds is 9. The third kappa shape index (κ3) is 7.55. The fraction of sp³-hybridized carbons (Fsp3) is 0.571. The molecule has 0 heterocycles. The van der Waals surface area contributed by atoms with Crippen LogP contribution < -0.4 is 4.72 Å². The summed E-state index contributed by atoms with van der Waals surface area (Å²) in [6.07, 6.45) is 4.40. The van der Waals surface area contributed by atoms with E-state index in [2.05, 4.69) is 4.72 Å². The number of hydrogen-bond donors (Lipinski definition) is 1. The van der Waals surface area contributed by atoms with E-state index in [1.807, 2.05) is 31.2 Å². The molecule has 0 unspecified atom stereocenters. The van der Waals surface area contributed by atoms with Gasteiger partial charge in [0, 0.05) is 11.6 Å². The van der Waals surface area contributed by atoms with Crippen molar-refractivity contribution in [1.29, 1.82) is 0 Å². The predicted molar refractivity (Wildman–Crippen MR) is 81.1 cm³/mol. The van der Waals surface area contributed by atoms with Crippen LogP contribution in [0.15, 0.2) is 24.3 Å². The van der Waals surface area contributed by atoms with Crippen molar-refractivity contribution >= 4 is 21.6 Å². The summed E-state index contributed by atoms with van der Waals surface area (Å²) in [6.45, 7) is 2.52. The Bertz CT molecular complexity index is 457. The highest BCUT2D eigenvalue weighted by molar-refractivity contribution is 7.89. The lowest BCUT2D eigenvalue weighted by atomic mass is 10.1. The number of benzene rings is 1. The summed E-state index contributed by atoms with van der Waals surface area (Å²) >= 11 is 5.81. The zero-order valence-electron chi connectivity index (χ0n) is 11.4. The van der Waals surface area contributed by atoms with Gasteiger partial charge >= 0.3 is 0 Å². The highest BCUT2D eigenvalue weighted by atomic mass is 35.5. The molecule has 0 aliphatic heterocycles. The van der Waals surface area contributed by atoms with Gasteiger partial charge in [-0.05, 0) is 43.4 Å². The van der Waals surface area contributed by atoms with Crippen LogP contribution in [0.4, 0.5) is 0 Å². The van der Waals surface area contributed by atoms with Gasteiger partial charge in [0.05, 0.1) is 5.75 Å². The van der Waals surface area contributed by atoms with E-state index >= 15 is 0 Å². The Kier molecular flexibility index (Phi) is 7.42. The van der Waals surface area contributed by atoms with Crippen molar-refractivity contribution < 1.29 is 8.42 Å². The first-order valence-corrected chi connectivity index (χ1v) is 8.78. The minimum atomic E-state index is -3.06. The van der Waals surface area contributed by atoms with Crippen LogP contribution >= 0.6 is 11.6 Å². The molecule has 0 saturated heterocycles. The van der Waals surface area contributed by atoms with Gasteiger partial charge in [0.15, 0.2) is 0 Å². The predicted octanol–water partition coefficient (Wildman–Crippen LogP) is 3.38. The molecule has 0 aromatic heterocycles. The zero-order valence-corrected chi connectivity index (χ0v) is 12.9. The molecular weight excluding hydrogens is 282 g/mol. The summed E-state index contributed by atoms with van der Waals surface area (Å²) in [5, 5.41) is 0.743. The minimum Gasteiger partial charge on any atom is -0.215 e. The molecule has 1 N–H and O–H groups in total.